The molecule has 2 nitrogen and oxygen atoms in total. The van der Waals surface area contributed by atoms with Crippen LogP contribution >= 0.6 is 0 Å². The zero-order valence-electron chi connectivity index (χ0n) is 7.96. The van der Waals surface area contributed by atoms with Crippen LogP contribution in [-0.2, 0) is 0 Å². The maximum absolute atomic E-state index is 7.20. The van der Waals surface area contributed by atoms with Gasteiger partial charge < -0.3 is 10.3 Å². The van der Waals surface area contributed by atoms with Crippen LogP contribution in [0.25, 0.3) is 0 Å². The van der Waals surface area contributed by atoms with Crippen molar-refractivity contribution in [1.82, 2.24) is 4.90 Å². The molecule has 0 aromatic carbocycles. The Labute approximate surface area is 74.1 Å². The van der Waals surface area contributed by atoms with Crippen molar-refractivity contribution in [2.75, 3.05) is 7.05 Å². The molecule has 0 aromatic rings. The summed E-state index contributed by atoms with van der Waals surface area (Å²) in [5.41, 5.74) is 2.31. The van der Waals surface area contributed by atoms with Crippen molar-refractivity contribution in [3.63, 3.8) is 0 Å². The SMILES string of the molecule is CC(C)N(C)C1=C(C=N)C=CC1. The smallest absolute Gasteiger partial charge is 0.0267 e. The van der Waals surface area contributed by atoms with Gasteiger partial charge in [0, 0.05) is 37.0 Å². The summed E-state index contributed by atoms with van der Waals surface area (Å²) in [5, 5.41) is 7.20. The monoisotopic (exact) mass is 164 g/mol. The van der Waals surface area contributed by atoms with Crippen molar-refractivity contribution in [3.05, 3.63) is 23.4 Å². The fraction of sp³-hybridized carbons (Fsp3) is 0.500. The molecule has 12 heavy (non-hydrogen) atoms. The molecule has 1 aliphatic rings. The minimum absolute atomic E-state index is 0.509. The fourth-order valence-electron chi connectivity index (χ4n) is 1.30. The Hall–Kier alpha value is -1.05. The van der Waals surface area contributed by atoms with Gasteiger partial charge in [0.25, 0.3) is 0 Å². The first-order valence-corrected chi connectivity index (χ1v) is 4.29. The van der Waals surface area contributed by atoms with Gasteiger partial charge in [0.2, 0.25) is 0 Å². The van der Waals surface area contributed by atoms with Gasteiger partial charge in [-0.1, -0.05) is 12.2 Å². The first-order valence-electron chi connectivity index (χ1n) is 4.29. The molecule has 66 valence electrons. The molecule has 0 amide bonds. The van der Waals surface area contributed by atoms with E-state index in [1.54, 1.807) is 0 Å². The molecule has 0 radical (unpaired) electrons. The molecular formula is C10H16N2. The zero-order valence-corrected chi connectivity index (χ0v) is 7.96. The van der Waals surface area contributed by atoms with Crippen LogP contribution < -0.4 is 0 Å². The first kappa shape index (κ1) is 9.04. The standard InChI is InChI=1S/C10H16N2/c1-8(2)12(3)10-6-4-5-9(10)7-11/h4-5,7-8,11H,6H2,1-3H3. The lowest BCUT2D eigenvalue weighted by molar-refractivity contribution is 0.339. The number of nitrogens with zero attached hydrogens (tertiary/aromatic N) is 1. The van der Waals surface area contributed by atoms with Crippen LogP contribution in [0.4, 0.5) is 0 Å². The van der Waals surface area contributed by atoms with E-state index in [0.717, 1.165) is 12.0 Å². The normalized spacial score (nSPS) is 16.0. The summed E-state index contributed by atoms with van der Waals surface area (Å²) in [6, 6.07) is 0.509. The van der Waals surface area contributed by atoms with Crippen LogP contribution in [0, 0.1) is 5.41 Å². The molecular weight excluding hydrogens is 148 g/mol. The molecule has 0 heterocycles. The van der Waals surface area contributed by atoms with Gasteiger partial charge in [-0.25, -0.2) is 0 Å². The molecule has 1 rings (SSSR count). The van der Waals surface area contributed by atoms with Crippen LogP contribution in [-0.4, -0.2) is 24.2 Å². The van der Waals surface area contributed by atoms with Crippen molar-refractivity contribution in [1.29, 1.82) is 5.41 Å². The van der Waals surface area contributed by atoms with Crippen LogP contribution in [0.1, 0.15) is 20.3 Å². The Morgan fingerprint density at radius 1 is 1.58 bits per heavy atom. The van der Waals surface area contributed by atoms with Gasteiger partial charge in [0.15, 0.2) is 0 Å². The summed E-state index contributed by atoms with van der Waals surface area (Å²) >= 11 is 0. The Morgan fingerprint density at radius 3 is 2.75 bits per heavy atom. The number of rotatable bonds is 3. The third kappa shape index (κ3) is 1.58. The van der Waals surface area contributed by atoms with Crippen molar-refractivity contribution in [2.24, 2.45) is 0 Å². The van der Waals surface area contributed by atoms with E-state index in [-0.39, 0.29) is 0 Å². The quantitative estimate of drug-likeness (QED) is 0.636. The number of allylic oxidation sites excluding steroid dienone is 3. The summed E-state index contributed by atoms with van der Waals surface area (Å²) in [6.45, 7) is 4.32. The Bertz CT molecular complexity index is 236. The highest BCUT2D eigenvalue weighted by atomic mass is 15.1. The third-order valence-electron chi connectivity index (χ3n) is 2.30. The lowest BCUT2D eigenvalue weighted by atomic mass is 10.2. The fourth-order valence-corrected chi connectivity index (χ4v) is 1.30. The summed E-state index contributed by atoms with van der Waals surface area (Å²) in [6.07, 6.45) is 6.52. The number of hydrogen-bond acceptors (Lipinski definition) is 2. The van der Waals surface area contributed by atoms with E-state index in [1.807, 2.05) is 6.08 Å². The number of nitrogens with one attached hydrogen (secondary N) is 1. The van der Waals surface area contributed by atoms with E-state index in [2.05, 4.69) is 31.9 Å². The average molecular weight is 164 g/mol. The summed E-state index contributed by atoms with van der Waals surface area (Å²) in [4.78, 5) is 2.22. The van der Waals surface area contributed by atoms with Crippen molar-refractivity contribution in [3.8, 4) is 0 Å². The molecule has 0 unspecified atom stereocenters. The highest BCUT2D eigenvalue weighted by Gasteiger charge is 2.13. The molecule has 0 saturated heterocycles. The van der Waals surface area contributed by atoms with E-state index >= 15 is 0 Å². The molecule has 0 fully saturated rings. The Balaban J connectivity index is 2.81. The molecule has 0 saturated carbocycles. The van der Waals surface area contributed by atoms with Crippen molar-refractivity contribution in [2.45, 2.75) is 26.3 Å². The highest BCUT2D eigenvalue weighted by molar-refractivity contribution is 5.82. The van der Waals surface area contributed by atoms with Crippen molar-refractivity contribution >= 4 is 6.21 Å². The third-order valence-corrected chi connectivity index (χ3v) is 2.30. The first-order chi connectivity index (χ1) is 5.66. The molecule has 2 heteroatoms. The van der Waals surface area contributed by atoms with Gasteiger partial charge in [-0.05, 0) is 13.8 Å². The molecule has 0 bridgehead atoms. The summed E-state index contributed by atoms with van der Waals surface area (Å²) in [5.74, 6) is 0. The van der Waals surface area contributed by atoms with Gasteiger partial charge in [0.1, 0.15) is 0 Å². The molecule has 0 atom stereocenters. The minimum atomic E-state index is 0.509. The lowest BCUT2D eigenvalue weighted by Gasteiger charge is -2.25. The van der Waals surface area contributed by atoms with Gasteiger partial charge >= 0.3 is 0 Å². The van der Waals surface area contributed by atoms with Gasteiger partial charge in [0.05, 0.1) is 0 Å². The lowest BCUT2D eigenvalue weighted by Crippen LogP contribution is -2.25. The van der Waals surface area contributed by atoms with Crippen LogP contribution in [0.2, 0.25) is 0 Å². The van der Waals surface area contributed by atoms with Gasteiger partial charge in [-0.15, -0.1) is 0 Å². The van der Waals surface area contributed by atoms with E-state index in [0.29, 0.717) is 6.04 Å². The second-order valence-electron chi connectivity index (χ2n) is 3.36. The average Bonchev–Trinajstić information content (AvgIpc) is 2.49. The van der Waals surface area contributed by atoms with Crippen molar-refractivity contribution < 1.29 is 0 Å². The van der Waals surface area contributed by atoms with Gasteiger partial charge in [-0.3, -0.25) is 0 Å². The second kappa shape index (κ2) is 3.57. The van der Waals surface area contributed by atoms with E-state index in [9.17, 15) is 0 Å². The summed E-state index contributed by atoms with van der Waals surface area (Å²) < 4.78 is 0. The summed E-state index contributed by atoms with van der Waals surface area (Å²) in [7, 11) is 2.08. The Kier molecular flexibility index (Phi) is 2.69. The maximum Gasteiger partial charge on any atom is 0.0267 e. The maximum atomic E-state index is 7.20. The van der Waals surface area contributed by atoms with E-state index < -0.39 is 0 Å². The van der Waals surface area contributed by atoms with E-state index in [4.69, 9.17) is 5.41 Å². The minimum Gasteiger partial charge on any atom is -0.375 e. The molecule has 0 aliphatic heterocycles. The topological polar surface area (TPSA) is 27.1 Å². The van der Waals surface area contributed by atoms with E-state index in [1.165, 1.54) is 11.9 Å². The predicted molar refractivity (Wildman–Crippen MR) is 52.5 cm³/mol. The molecule has 1 N–H and O–H groups in total. The number of hydrogen-bond donors (Lipinski definition) is 1. The zero-order chi connectivity index (χ0) is 9.14. The highest BCUT2D eigenvalue weighted by Crippen LogP contribution is 2.21. The van der Waals surface area contributed by atoms with Crippen LogP contribution in [0.15, 0.2) is 23.4 Å². The van der Waals surface area contributed by atoms with Crippen LogP contribution in [0.5, 0.6) is 0 Å². The van der Waals surface area contributed by atoms with Crippen LogP contribution in [0.3, 0.4) is 0 Å². The second-order valence-corrected chi connectivity index (χ2v) is 3.36. The predicted octanol–water partition coefficient (Wildman–Crippen LogP) is 2.19. The Morgan fingerprint density at radius 2 is 2.25 bits per heavy atom. The molecule has 0 aromatic heterocycles. The molecule has 1 aliphatic carbocycles. The van der Waals surface area contributed by atoms with Gasteiger partial charge in [-0.2, -0.15) is 0 Å². The molecule has 0 spiro atoms. The largest absolute Gasteiger partial charge is 0.375 e.